The molecule has 0 aliphatic rings. The number of nitrogens with one attached hydrogen (secondary N) is 2. The van der Waals surface area contributed by atoms with E-state index in [0.29, 0.717) is 12.8 Å². The molecule has 0 fully saturated rings. The molecule has 0 aromatic heterocycles. The highest BCUT2D eigenvalue weighted by atomic mass is 16.6. The van der Waals surface area contributed by atoms with Gasteiger partial charge in [0.25, 0.3) is 0 Å². The van der Waals surface area contributed by atoms with Gasteiger partial charge < -0.3 is 20.3 Å². The Labute approximate surface area is 183 Å². The lowest BCUT2D eigenvalue weighted by Crippen LogP contribution is -2.51. The van der Waals surface area contributed by atoms with Crippen LogP contribution >= 0.6 is 0 Å². The maximum Gasteiger partial charge on any atom is 0.408 e. The molecule has 0 aliphatic heterocycles. The summed E-state index contributed by atoms with van der Waals surface area (Å²) in [5, 5.41) is 7.88. The van der Waals surface area contributed by atoms with Gasteiger partial charge in [-0.1, -0.05) is 72.8 Å². The maximum atomic E-state index is 13.3. The van der Waals surface area contributed by atoms with Gasteiger partial charge in [-0.05, 0) is 35.4 Å². The molecule has 2 N–H and O–H groups in total. The van der Waals surface area contributed by atoms with E-state index in [1.807, 2.05) is 48.5 Å². The number of ether oxygens (including phenoxy) is 1. The van der Waals surface area contributed by atoms with E-state index in [9.17, 15) is 9.59 Å². The molecular weight excluding hydrogens is 390 g/mol. The van der Waals surface area contributed by atoms with Crippen LogP contribution in [0.4, 0.5) is 4.79 Å². The molecule has 0 saturated carbocycles. The van der Waals surface area contributed by atoms with Crippen molar-refractivity contribution < 1.29 is 14.3 Å². The van der Waals surface area contributed by atoms with Gasteiger partial charge in [0.05, 0.1) is 6.04 Å². The van der Waals surface area contributed by atoms with Gasteiger partial charge in [-0.15, -0.1) is 0 Å². The predicted octanol–water partition coefficient (Wildman–Crippen LogP) is 3.35. The minimum atomic E-state index is -0.720. The van der Waals surface area contributed by atoms with Gasteiger partial charge in [-0.3, -0.25) is 4.79 Å². The minimum absolute atomic E-state index is 0.138. The van der Waals surface area contributed by atoms with Crippen molar-refractivity contribution >= 4 is 22.8 Å². The third-order valence-corrected chi connectivity index (χ3v) is 5.38. The number of hydrogen-bond donors (Lipinski definition) is 2. The second-order valence-corrected chi connectivity index (χ2v) is 7.48. The molecule has 0 spiro atoms. The van der Waals surface area contributed by atoms with E-state index < -0.39 is 18.4 Å². The quantitative estimate of drug-likeness (QED) is 0.550. The molecule has 6 heteroatoms. The van der Waals surface area contributed by atoms with Crippen molar-refractivity contribution in [2.24, 2.45) is 0 Å². The number of amides is 2. The molecular formula is C25H29N3O3. The summed E-state index contributed by atoms with van der Waals surface area (Å²) < 4.78 is 5.52. The van der Waals surface area contributed by atoms with Crippen molar-refractivity contribution in [1.82, 2.24) is 15.5 Å². The van der Waals surface area contributed by atoms with Crippen LogP contribution in [0.3, 0.4) is 0 Å². The molecule has 0 aliphatic carbocycles. The lowest BCUT2D eigenvalue weighted by Gasteiger charge is -2.31. The smallest absolute Gasteiger partial charge is 0.408 e. The fraction of sp³-hybridized carbons (Fsp3) is 0.280. The highest BCUT2D eigenvalue weighted by Crippen LogP contribution is 2.18. The van der Waals surface area contributed by atoms with Crippen molar-refractivity contribution in [3.05, 3.63) is 83.9 Å². The number of rotatable bonds is 8. The zero-order valence-electron chi connectivity index (χ0n) is 18.2. The largest absolute Gasteiger partial charge is 0.425 e. The molecule has 162 valence electrons. The number of carbonyl (C=O) groups excluding carboxylic acids is 2. The molecule has 31 heavy (non-hydrogen) atoms. The Morgan fingerprint density at radius 3 is 2.23 bits per heavy atom. The van der Waals surface area contributed by atoms with Crippen LogP contribution in [0.25, 0.3) is 10.8 Å². The van der Waals surface area contributed by atoms with Crippen LogP contribution in [0.15, 0.2) is 72.8 Å². The summed E-state index contributed by atoms with van der Waals surface area (Å²) in [6, 6.07) is 23.6. The summed E-state index contributed by atoms with van der Waals surface area (Å²) in [7, 11) is 4.94. The first-order valence-corrected chi connectivity index (χ1v) is 10.4. The lowest BCUT2D eigenvalue weighted by atomic mass is 10.0. The number of fused-ring (bicyclic) bond motifs is 1. The fourth-order valence-electron chi connectivity index (χ4n) is 3.56. The Hall–Kier alpha value is -3.38. The average Bonchev–Trinajstić information content (AvgIpc) is 2.81. The summed E-state index contributed by atoms with van der Waals surface area (Å²) in [6.45, 7) is 0. The molecule has 0 bridgehead atoms. The van der Waals surface area contributed by atoms with Crippen LogP contribution in [-0.2, 0) is 22.4 Å². The number of alkyl carbamates (subject to hydrolysis) is 1. The second kappa shape index (κ2) is 10.6. The Balaban J connectivity index is 1.76. The first kappa shape index (κ1) is 22.3. The Kier molecular flexibility index (Phi) is 7.62. The van der Waals surface area contributed by atoms with Gasteiger partial charge in [-0.25, -0.2) is 4.79 Å². The van der Waals surface area contributed by atoms with Crippen LogP contribution in [0.5, 0.6) is 0 Å². The monoisotopic (exact) mass is 419 g/mol. The summed E-state index contributed by atoms with van der Waals surface area (Å²) >= 11 is 0. The standard InChI is InChI=1S/C25H29N3O3/c1-26-22(16-19-13-14-20-11-7-8-12-21(20)15-19)24(29)28(3)23(31-25(30)27-2)17-18-9-5-4-6-10-18/h4-15,22-23,26H,16-17H2,1-3H3,(H,27,30). The van der Waals surface area contributed by atoms with Gasteiger partial charge in [-0.2, -0.15) is 0 Å². The highest BCUT2D eigenvalue weighted by molar-refractivity contribution is 5.84. The van der Waals surface area contributed by atoms with Crippen molar-refractivity contribution in [1.29, 1.82) is 0 Å². The molecule has 0 radical (unpaired) electrons. The second-order valence-electron chi connectivity index (χ2n) is 7.48. The van der Waals surface area contributed by atoms with Gasteiger partial charge >= 0.3 is 6.09 Å². The number of likely N-dealkylation sites (N-methyl/N-ethyl adjacent to an activating group) is 2. The van der Waals surface area contributed by atoms with E-state index in [-0.39, 0.29) is 5.91 Å². The van der Waals surface area contributed by atoms with Gasteiger partial charge in [0.1, 0.15) is 0 Å². The van der Waals surface area contributed by atoms with Crippen molar-refractivity contribution in [3.8, 4) is 0 Å². The zero-order chi connectivity index (χ0) is 22.2. The molecule has 2 atom stereocenters. The van der Waals surface area contributed by atoms with E-state index in [4.69, 9.17) is 4.74 Å². The number of hydrogen-bond acceptors (Lipinski definition) is 4. The molecule has 6 nitrogen and oxygen atoms in total. The fourth-order valence-corrected chi connectivity index (χ4v) is 3.56. The topological polar surface area (TPSA) is 70.7 Å². The third kappa shape index (κ3) is 5.83. The molecule has 0 saturated heterocycles. The van der Waals surface area contributed by atoms with Crippen LogP contribution in [-0.4, -0.2) is 50.3 Å². The molecule has 2 unspecified atom stereocenters. The first-order valence-electron chi connectivity index (χ1n) is 10.4. The molecule has 3 rings (SSSR count). The van der Waals surface area contributed by atoms with Crippen molar-refractivity contribution in [2.45, 2.75) is 25.1 Å². The summed E-state index contributed by atoms with van der Waals surface area (Å²) in [5.74, 6) is -0.138. The van der Waals surface area contributed by atoms with Gasteiger partial charge in [0, 0.05) is 20.5 Å². The van der Waals surface area contributed by atoms with E-state index in [0.717, 1.165) is 21.9 Å². The van der Waals surface area contributed by atoms with Gasteiger partial charge in [0.2, 0.25) is 5.91 Å². The molecule has 0 heterocycles. The number of carbonyl (C=O) groups is 2. The Morgan fingerprint density at radius 1 is 0.871 bits per heavy atom. The average molecular weight is 420 g/mol. The molecule has 3 aromatic rings. The van der Waals surface area contributed by atoms with E-state index in [1.54, 1.807) is 14.1 Å². The summed E-state index contributed by atoms with van der Waals surface area (Å²) in [6.07, 6.45) is -0.357. The predicted molar refractivity (Wildman–Crippen MR) is 123 cm³/mol. The van der Waals surface area contributed by atoms with Crippen LogP contribution in [0.2, 0.25) is 0 Å². The lowest BCUT2D eigenvalue weighted by molar-refractivity contribution is -0.141. The Morgan fingerprint density at radius 2 is 1.55 bits per heavy atom. The molecule has 2 amide bonds. The summed E-state index contributed by atoms with van der Waals surface area (Å²) in [5.41, 5.74) is 2.04. The van der Waals surface area contributed by atoms with Crippen LogP contribution < -0.4 is 10.6 Å². The normalized spacial score (nSPS) is 12.7. The SMILES string of the molecule is CNC(=O)OC(Cc1ccccc1)N(C)C(=O)C(Cc1ccc2ccccc2c1)NC. The van der Waals surface area contributed by atoms with E-state index >= 15 is 0 Å². The van der Waals surface area contributed by atoms with E-state index in [2.05, 4.69) is 34.9 Å². The first-order chi connectivity index (χ1) is 15.0. The maximum absolute atomic E-state index is 13.3. The highest BCUT2D eigenvalue weighted by Gasteiger charge is 2.29. The third-order valence-electron chi connectivity index (χ3n) is 5.38. The summed E-state index contributed by atoms with van der Waals surface area (Å²) in [4.78, 5) is 26.7. The van der Waals surface area contributed by atoms with Gasteiger partial charge in [0.15, 0.2) is 6.23 Å². The van der Waals surface area contributed by atoms with Crippen LogP contribution in [0, 0.1) is 0 Å². The Bertz CT molecular complexity index is 1020. The minimum Gasteiger partial charge on any atom is -0.425 e. The number of benzene rings is 3. The number of nitrogens with zero attached hydrogens (tertiary/aromatic N) is 1. The molecule has 3 aromatic carbocycles. The van der Waals surface area contributed by atoms with E-state index in [1.165, 1.54) is 11.9 Å². The van der Waals surface area contributed by atoms with Crippen molar-refractivity contribution in [2.75, 3.05) is 21.1 Å². The van der Waals surface area contributed by atoms with Crippen LogP contribution in [0.1, 0.15) is 11.1 Å². The zero-order valence-corrected chi connectivity index (χ0v) is 18.2. The van der Waals surface area contributed by atoms with Crippen molar-refractivity contribution in [3.63, 3.8) is 0 Å².